The molecule has 2 aromatic rings. The van der Waals surface area contributed by atoms with Gasteiger partial charge in [0.05, 0.1) is 4.90 Å². The van der Waals surface area contributed by atoms with E-state index in [4.69, 9.17) is 14.2 Å². The maximum atomic E-state index is 12.6. The number of nitrogens with zero attached hydrogens (tertiary/aromatic N) is 1. The Morgan fingerprint density at radius 1 is 1.07 bits per heavy atom. The Morgan fingerprint density at radius 3 is 2.52 bits per heavy atom. The first-order valence-electron chi connectivity index (χ1n) is 9.36. The number of ether oxygens (including phenoxy) is 3. The van der Waals surface area contributed by atoms with Gasteiger partial charge < -0.3 is 19.5 Å². The maximum Gasteiger partial charge on any atom is 0.262 e. The van der Waals surface area contributed by atoms with Gasteiger partial charge in [0.2, 0.25) is 10.0 Å². The zero-order valence-electron chi connectivity index (χ0n) is 16.4. The van der Waals surface area contributed by atoms with Gasteiger partial charge in [-0.25, -0.2) is 8.42 Å². The van der Waals surface area contributed by atoms with Crippen LogP contribution in [0.5, 0.6) is 17.2 Å². The number of carbonyl (C=O) groups excluding carboxylic acids is 1. The van der Waals surface area contributed by atoms with Crippen molar-refractivity contribution in [1.29, 1.82) is 0 Å². The van der Waals surface area contributed by atoms with Crippen LogP contribution in [0.2, 0.25) is 0 Å². The molecule has 1 amide bonds. The van der Waals surface area contributed by atoms with Gasteiger partial charge in [-0.15, -0.1) is 0 Å². The molecular weight excluding hydrogens is 396 g/mol. The van der Waals surface area contributed by atoms with E-state index in [0.29, 0.717) is 49.2 Å². The van der Waals surface area contributed by atoms with Gasteiger partial charge in [-0.1, -0.05) is 19.9 Å². The minimum atomic E-state index is -3.60. The highest BCUT2D eigenvalue weighted by atomic mass is 32.2. The molecule has 0 saturated heterocycles. The smallest absolute Gasteiger partial charge is 0.262 e. The Morgan fingerprint density at radius 2 is 1.79 bits per heavy atom. The minimum absolute atomic E-state index is 0.131. The van der Waals surface area contributed by atoms with Gasteiger partial charge in [-0.2, -0.15) is 4.31 Å². The standard InChI is InChI=1S/C20H24N2O6S/c1-3-22(4-2)29(24,25)17-7-5-6-15(12-17)21-20(23)14-28-16-8-9-18-19(13-16)27-11-10-26-18/h5-9,12-13H,3-4,10-11,14H2,1-2H3,(H,21,23). The Bertz CT molecular complexity index is 973. The highest BCUT2D eigenvalue weighted by Gasteiger charge is 2.22. The molecule has 29 heavy (non-hydrogen) atoms. The molecule has 0 spiro atoms. The molecule has 0 radical (unpaired) electrons. The third-order valence-electron chi connectivity index (χ3n) is 4.34. The average Bonchev–Trinajstić information content (AvgIpc) is 2.73. The van der Waals surface area contributed by atoms with Crippen LogP contribution < -0.4 is 19.5 Å². The fourth-order valence-corrected chi connectivity index (χ4v) is 4.41. The molecule has 3 rings (SSSR count). The Kier molecular flexibility index (Phi) is 6.60. The normalized spacial score (nSPS) is 13.2. The quantitative estimate of drug-likeness (QED) is 0.705. The van der Waals surface area contributed by atoms with Crippen LogP contribution in [0, 0.1) is 0 Å². The van der Waals surface area contributed by atoms with Crippen molar-refractivity contribution in [2.24, 2.45) is 0 Å². The van der Waals surface area contributed by atoms with Gasteiger partial charge in [0.1, 0.15) is 19.0 Å². The van der Waals surface area contributed by atoms with E-state index in [0.717, 1.165) is 0 Å². The number of hydrogen-bond acceptors (Lipinski definition) is 6. The third-order valence-corrected chi connectivity index (χ3v) is 6.39. The fourth-order valence-electron chi connectivity index (χ4n) is 2.91. The number of anilines is 1. The lowest BCUT2D eigenvalue weighted by atomic mass is 10.3. The number of fused-ring (bicyclic) bond motifs is 1. The summed E-state index contributed by atoms with van der Waals surface area (Å²) in [5.41, 5.74) is 0.383. The maximum absolute atomic E-state index is 12.6. The summed E-state index contributed by atoms with van der Waals surface area (Å²) in [5, 5.41) is 2.66. The molecule has 9 heteroatoms. The van der Waals surface area contributed by atoms with Crippen LogP contribution in [-0.4, -0.2) is 51.5 Å². The summed E-state index contributed by atoms with van der Waals surface area (Å²) in [5.74, 6) is 1.28. The van der Waals surface area contributed by atoms with Crippen LogP contribution in [0.3, 0.4) is 0 Å². The van der Waals surface area contributed by atoms with Crippen LogP contribution >= 0.6 is 0 Å². The van der Waals surface area contributed by atoms with E-state index in [2.05, 4.69) is 5.32 Å². The van der Waals surface area contributed by atoms with Crippen molar-refractivity contribution >= 4 is 21.6 Å². The van der Waals surface area contributed by atoms with E-state index in [9.17, 15) is 13.2 Å². The lowest BCUT2D eigenvalue weighted by molar-refractivity contribution is -0.118. The molecule has 0 fully saturated rings. The highest BCUT2D eigenvalue weighted by molar-refractivity contribution is 7.89. The molecule has 0 saturated carbocycles. The second kappa shape index (κ2) is 9.15. The lowest BCUT2D eigenvalue weighted by Gasteiger charge is -2.19. The number of carbonyl (C=O) groups is 1. The molecule has 8 nitrogen and oxygen atoms in total. The molecule has 1 N–H and O–H groups in total. The van der Waals surface area contributed by atoms with E-state index in [1.165, 1.54) is 16.4 Å². The molecule has 0 unspecified atom stereocenters. The van der Waals surface area contributed by atoms with Crippen molar-refractivity contribution < 1.29 is 27.4 Å². The lowest BCUT2D eigenvalue weighted by Crippen LogP contribution is -2.30. The minimum Gasteiger partial charge on any atom is -0.486 e. The number of nitrogens with one attached hydrogen (secondary N) is 1. The zero-order valence-corrected chi connectivity index (χ0v) is 17.2. The van der Waals surface area contributed by atoms with Crippen LogP contribution in [-0.2, 0) is 14.8 Å². The van der Waals surface area contributed by atoms with Crippen molar-refractivity contribution in [3.05, 3.63) is 42.5 Å². The first-order chi connectivity index (χ1) is 13.9. The molecule has 0 bridgehead atoms. The third kappa shape index (κ3) is 4.99. The molecule has 0 atom stereocenters. The largest absolute Gasteiger partial charge is 0.486 e. The van der Waals surface area contributed by atoms with Gasteiger partial charge in [-0.3, -0.25) is 4.79 Å². The van der Waals surface area contributed by atoms with Crippen LogP contribution in [0.15, 0.2) is 47.4 Å². The monoisotopic (exact) mass is 420 g/mol. The second-order valence-electron chi connectivity index (χ2n) is 6.26. The van der Waals surface area contributed by atoms with Crippen molar-refractivity contribution in [3.63, 3.8) is 0 Å². The van der Waals surface area contributed by atoms with Gasteiger partial charge in [-0.05, 0) is 30.3 Å². The Labute approximate surface area is 170 Å². The van der Waals surface area contributed by atoms with E-state index in [-0.39, 0.29) is 11.5 Å². The summed E-state index contributed by atoms with van der Waals surface area (Å²) in [6, 6.07) is 11.3. The Balaban J connectivity index is 1.62. The summed E-state index contributed by atoms with van der Waals surface area (Å²) in [6.07, 6.45) is 0. The first kappa shape index (κ1) is 20.9. The molecule has 1 aliphatic rings. The SMILES string of the molecule is CCN(CC)S(=O)(=O)c1cccc(NC(=O)COc2ccc3c(c2)OCCO3)c1. The molecule has 156 valence electrons. The highest BCUT2D eigenvalue weighted by Crippen LogP contribution is 2.33. The summed E-state index contributed by atoms with van der Waals surface area (Å²) in [7, 11) is -3.60. The molecule has 0 aromatic heterocycles. The van der Waals surface area contributed by atoms with Crippen molar-refractivity contribution in [2.45, 2.75) is 18.7 Å². The molecule has 1 heterocycles. The van der Waals surface area contributed by atoms with Crippen LogP contribution in [0.1, 0.15) is 13.8 Å². The average molecular weight is 420 g/mol. The van der Waals surface area contributed by atoms with E-state index < -0.39 is 15.9 Å². The summed E-state index contributed by atoms with van der Waals surface area (Å²) in [6.45, 7) is 5.04. The molecular formula is C20H24N2O6S. The number of rotatable bonds is 8. The Hall–Kier alpha value is -2.78. The molecule has 2 aromatic carbocycles. The van der Waals surface area contributed by atoms with E-state index in [1.54, 1.807) is 44.2 Å². The van der Waals surface area contributed by atoms with E-state index in [1.807, 2.05) is 0 Å². The van der Waals surface area contributed by atoms with Crippen LogP contribution in [0.4, 0.5) is 5.69 Å². The number of sulfonamides is 1. The van der Waals surface area contributed by atoms with Crippen molar-refractivity contribution in [3.8, 4) is 17.2 Å². The van der Waals surface area contributed by atoms with Gasteiger partial charge in [0.15, 0.2) is 18.1 Å². The predicted octanol–water partition coefficient (Wildman–Crippen LogP) is 2.51. The van der Waals surface area contributed by atoms with E-state index >= 15 is 0 Å². The summed E-state index contributed by atoms with van der Waals surface area (Å²) in [4.78, 5) is 12.4. The van der Waals surface area contributed by atoms with Gasteiger partial charge in [0.25, 0.3) is 5.91 Å². The second-order valence-corrected chi connectivity index (χ2v) is 8.20. The van der Waals surface area contributed by atoms with Crippen LogP contribution in [0.25, 0.3) is 0 Å². The molecule has 0 aliphatic carbocycles. The van der Waals surface area contributed by atoms with Gasteiger partial charge in [0, 0.05) is 24.8 Å². The fraction of sp³-hybridized carbons (Fsp3) is 0.350. The van der Waals surface area contributed by atoms with Crippen molar-refractivity contribution in [2.75, 3.05) is 38.2 Å². The first-order valence-corrected chi connectivity index (χ1v) is 10.8. The number of benzene rings is 2. The number of hydrogen-bond donors (Lipinski definition) is 1. The zero-order chi connectivity index (χ0) is 20.9. The summed E-state index contributed by atoms with van der Waals surface area (Å²) < 4.78 is 43.0. The topological polar surface area (TPSA) is 94.2 Å². The number of amides is 1. The summed E-state index contributed by atoms with van der Waals surface area (Å²) >= 11 is 0. The van der Waals surface area contributed by atoms with Gasteiger partial charge >= 0.3 is 0 Å². The van der Waals surface area contributed by atoms with Crippen molar-refractivity contribution in [1.82, 2.24) is 4.31 Å². The predicted molar refractivity (Wildman–Crippen MR) is 108 cm³/mol. The molecule has 1 aliphatic heterocycles.